The standard InChI is InChI=1S/C33H47N3O6/c1-9-17-34(21(5)6)31(40)28-33-19-22(7)32(8,42-33)26(27(33)30(39)36(28)23(11-3)20-37)29(38)35(18-10-2)24-13-15-25(16-14-24)41-12-4/h9-10,13-16,21-23,26-28,37H,1-2,11-12,17-20H2,3-8H3/t22?,23-,26+,27-,28?,32-,33?/m0/s1. The van der Waals surface area contributed by atoms with Gasteiger partial charge in [-0.15, -0.1) is 13.2 Å². The monoisotopic (exact) mass is 581 g/mol. The fourth-order valence-electron chi connectivity index (χ4n) is 7.50. The third-order valence-electron chi connectivity index (χ3n) is 9.60. The molecule has 0 aliphatic carbocycles. The van der Waals surface area contributed by atoms with Crippen molar-refractivity contribution in [1.82, 2.24) is 9.80 Å². The van der Waals surface area contributed by atoms with Crippen molar-refractivity contribution in [3.63, 3.8) is 0 Å². The Morgan fingerprint density at radius 3 is 2.33 bits per heavy atom. The molecule has 3 unspecified atom stereocenters. The van der Waals surface area contributed by atoms with Crippen LogP contribution in [0.15, 0.2) is 49.6 Å². The molecule has 9 heteroatoms. The van der Waals surface area contributed by atoms with Crippen LogP contribution in [-0.2, 0) is 19.1 Å². The summed E-state index contributed by atoms with van der Waals surface area (Å²) in [5.74, 6) is -1.90. The number of anilines is 1. The molecule has 3 saturated heterocycles. The maximum absolute atomic E-state index is 14.6. The van der Waals surface area contributed by atoms with Gasteiger partial charge >= 0.3 is 0 Å². The lowest BCUT2D eigenvalue weighted by Gasteiger charge is -2.40. The number of fused-ring (bicyclic) bond motifs is 1. The zero-order chi connectivity index (χ0) is 31.0. The van der Waals surface area contributed by atoms with Gasteiger partial charge in [0.2, 0.25) is 17.7 Å². The number of aliphatic hydroxyl groups is 1. The molecule has 9 nitrogen and oxygen atoms in total. The normalized spacial score (nSPS) is 30.3. The van der Waals surface area contributed by atoms with E-state index in [-0.39, 0.29) is 42.8 Å². The minimum atomic E-state index is -1.20. The van der Waals surface area contributed by atoms with Crippen LogP contribution < -0.4 is 9.64 Å². The molecule has 2 bridgehead atoms. The van der Waals surface area contributed by atoms with Gasteiger partial charge in [-0.05, 0) is 70.7 Å². The summed E-state index contributed by atoms with van der Waals surface area (Å²) in [6, 6.07) is 5.59. The molecule has 230 valence electrons. The van der Waals surface area contributed by atoms with E-state index < -0.39 is 35.1 Å². The first-order valence-electron chi connectivity index (χ1n) is 15.2. The maximum atomic E-state index is 14.6. The SMILES string of the molecule is C=CCN(C(=O)[C@H]1[C@H]2C(=O)N([C@@H](CC)CO)C(C(=O)N(CC=C)C(C)C)C23CC(C)[C@]1(C)O3)c1ccc(OCC)cc1. The van der Waals surface area contributed by atoms with Gasteiger partial charge in [-0.3, -0.25) is 14.4 Å². The van der Waals surface area contributed by atoms with Crippen molar-refractivity contribution in [2.24, 2.45) is 17.8 Å². The predicted molar refractivity (Wildman–Crippen MR) is 162 cm³/mol. The molecule has 3 fully saturated rings. The molecule has 3 heterocycles. The number of carbonyl (C=O) groups is 3. The average molecular weight is 582 g/mol. The number of hydrogen-bond acceptors (Lipinski definition) is 6. The van der Waals surface area contributed by atoms with E-state index in [1.807, 2.05) is 65.8 Å². The lowest BCUT2D eigenvalue weighted by Crippen LogP contribution is -2.59. The second-order valence-electron chi connectivity index (χ2n) is 12.2. The van der Waals surface area contributed by atoms with Crippen LogP contribution in [0.3, 0.4) is 0 Å². The van der Waals surface area contributed by atoms with Crippen LogP contribution in [0.1, 0.15) is 54.4 Å². The molecule has 0 saturated carbocycles. The number of rotatable bonds is 13. The number of amides is 3. The van der Waals surface area contributed by atoms with Gasteiger partial charge in [-0.2, -0.15) is 0 Å². The third-order valence-corrected chi connectivity index (χ3v) is 9.60. The lowest BCUT2D eigenvalue weighted by atomic mass is 9.62. The first-order chi connectivity index (χ1) is 20.0. The molecule has 0 aromatic heterocycles. The number of aliphatic hydroxyl groups excluding tert-OH is 1. The molecule has 1 aromatic carbocycles. The summed E-state index contributed by atoms with van der Waals surface area (Å²) in [6.45, 7) is 20.1. The highest BCUT2D eigenvalue weighted by atomic mass is 16.5. The molecule has 1 aromatic rings. The molecule has 42 heavy (non-hydrogen) atoms. The summed E-state index contributed by atoms with van der Waals surface area (Å²) in [5, 5.41) is 10.4. The fourth-order valence-corrected chi connectivity index (χ4v) is 7.50. The first kappa shape index (κ1) is 31.8. The van der Waals surface area contributed by atoms with Crippen LogP contribution >= 0.6 is 0 Å². The van der Waals surface area contributed by atoms with E-state index in [4.69, 9.17) is 9.47 Å². The predicted octanol–water partition coefficient (Wildman–Crippen LogP) is 3.81. The number of hydrogen-bond donors (Lipinski definition) is 1. The van der Waals surface area contributed by atoms with Gasteiger partial charge < -0.3 is 29.3 Å². The average Bonchev–Trinajstić information content (AvgIpc) is 3.47. The van der Waals surface area contributed by atoms with Gasteiger partial charge in [0.15, 0.2) is 0 Å². The molecule has 1 N–H and O–H groups in total. The molecule has 3 aliphatic rings. The number of carbonyl (C=O) groups excluding carboxylic acids is 3. The first-order valence-corrected chi connectivity index (χ1v) is 15.2. The summed E-state index contributed by atoms with van der Waals surface area (Å²) in [4.78, 5) is 48.5. The summed E-state index contributed by atoms with van der Waals surface area (Å²) >= 11 is 0. The molecule has 3 aliphatic heterocycles. The Bertz CT molecular complexity index is 1200. The van der Waals surface area contributed by atoms with Crippen molar-refractivity contribution in [3.05, 3.63) is 49.6 Å². The van der Waals surface area contributed by atoms with E-state index in [0.717, 1.165) is 0 Å². The second-order valence-corrected chi connectivity index (χ2v) is 12.2. The van der Waals surface area contributed by atoms with Gasteiger partial charge in [0.25, 0.3) is 0 Å². The quantitative estimate of drug-likeness (QED) is 0.356. The van der Waals surface area contributed by atoms with Crippen LogP contribution in [0.25, 0.3) is 0 Å². The fraction of sp³-hybridized carbons (Fsp3) is 0.606. The summed E-state index contributed by atoms with van der Waals surface area (Å²) in [6.07, 6.45) is 4.25. The highest BCUT2D eigenvalue weighted by molar-refractivity contribution is 6.03. The molecule has 4 rings (SSSR count). The van der Waals surface area contributed by atoms with E-state index >= 15 is 0 Å². The van der Waals surface area contributed by atoms with Crippen molar-refractivity contribution in [2.45, 2.75) is 83.7 Å². The van der Waals surface area contributed by atoms with Gasteiger partial charge in [0.1, 0.15) is 17.4 Å². The van der Waals surface area contributed by atoms with E-state index in [2.05, 4.69) is 13.2 Å². The van der Waals surface area contributed by atoms with Gasteiger partial charge in [0, 0.05) is 24.8 Å². The van der Waals surface area contributed by atoms with Crippen LogP contribution in [0.5, 0.6) is 5.75 Å². The van der Waals surface area contributed by atoms with E-state index in [1.54, 1.807) is 22.0 Å². The zero-order valence-electron chi connectivity index (χ0n) is 25.9. The molecule has 0 radical (unpaired) electrons. The number of benzene rings is 1. The second kappa shape index (κ2) is 12.2. The van der Waals surface area contributed by atoms with E-state index in [9.17, 15) is 19.5 Å². The highest BCUT2D eigenvalue weighted by Gasteiger charge is 2.80. The minimum Gasteiger partial charge on any atom is -0.494 e. The molecule has 7 atom stereocenters. The van der Waals surface area contributed by atoms with Crippen molar-refractivity contribution >= 4 is 23.4 Å². The molecular weight excluding hydrogens is 534 g/mol. The number of nitrogens with zero attached hydrogens (tertiary/aromatic N) is 3. The topological polar surface area (TPSA) is 99.6 Å². The van der Waals surface area contributed by atoms with Crippen LogP contribution in [0, 0.1) is 17.8 Å². The Morgan fingerprint density at radius 1 is 1.17 bits per heavy atom. The zero-order valence-corrected chi connectivity index (χ0v) is 25.9. The lowest BCUT2D eigenvalue weighted by molar-refractivity contribution is -0.156. The van der Waals surface area contributed by atoms with E-state index in [0.29, 0.717) is 37.4 Å². The van der Waals surface area contributed by atoms with Crippen LogP contribution in [0.4, 0.5) is 5.69 Å². The minimum absolute atomic E-state index is 0.0993. The number of ether oxygens (including phenoxy) is 2. The van der Waals surface area contributed by atoms with Gasteiger partial charge in [-0.1, -0.05) is 26.0 Å². The highest BCUT2D eigenvalue weighted by Crippen LogP contribution is 2.66. The molecular formula is C33H47N3O6. The maximum Gasteiger partial charge on any atom is 0.248 e. The Labute approximate surface area is 250 Å². The van der Waals surface area contributed by atoms with Crippen molar-refractivity contribution in [3.8, 4) is 5.75 Å². The Hall–Kier alpha value is -3.17. The summed E-state index contributed by atoms with van der Waals surface area (Å²) in [5.41, 5.74) is -1.50. The van der Waals surface area contributed by atoms with Crippen molar-refractivity contribution in [1.29, 1.82) is 0 Å². The molecule has 3 amide bonds. The smallest absolute Gasteiger partial charge is 0.248 e. The van der Waals surface area contributed by atoms with Gasteiger partial charge in [-0.25, -0.2) is 0 Å². The Balaban J connectivity index is 1.84. The Morgan fingerprint density at radius 2 is 1.81 bits per heavy atom. The van der Waals surface area contributed by atoms with Crippen LogP contribution in [-0.4, -0.2) is 88.3 Å². The largest absolute Gasteiger partial charge is 0.494 e. The summed E-state index contributed by atoms with van der Waals surface area (Å²) in [7, 11) is 0. The van der Waals surface area contributed by atoms with Crippen molar-refractivity contribution in [2.75, 3.05) is 31.2 Å². The molecule has 1 spiro atoms. The van der Waals surface area contributed by atoms with Crippen LogP contribution in [0.2, 0.25) is 0 Å². The van der Waals surface area contributed by atoms with Gasteiger partial charge in [0.05, 0.1) is 36.7 Å². The third kappa shape index (κ3) is 4.84. The number of likely N-dealkylation sites (tertiary alicyclic amines) is 1. The van der Waals surface area contributed by atoms with E-state index in [1.165, 1.54) is 4.90 Å². The van der Waals surface area contributed by atoms with Crippen molar-refractivity contribution < 1.29 is 29.0 Å². The Kier molecular flexibility index (Phi) is 9.23. The summed E-state index contributed by atoms with van der Waals surface area (Å²) < 4.78 is 12.5.